The van der Waals surface area contributed by atoms with E-state index in [-0.39, 0.29) is 0 Å². The van der Waals surface area contributed by atoms with E-state index in [2.05, 4.69) is 18.7 Å². The molecule has 2 aliphatic heterocycles. The average Bonchev–Trinajstić information content (AvgIpc) is 2.91. The van der Waals surface area contributed by atoms with Gasteiger partial charge in [-0.2, -0.15) is 0 Å². The van der Waals surface area contributed by atoms with Crippen LogP contribution in [0, 0.1) is 25.2 Å². The molecule has 4 heteroatoms. The molecule has 2 unspecified atom stereocenters. The van der Waals surface area contributed by atoms with Crippen molar-refractivity contribution in [2.45, 2.75) is 39.2 Å². The Morgan fingerprint density at radius 2 is 2.17 bits per heavy atom. The standard InChI is InChI=1S/C14H20N2OS/c1-9-10(2)18-13(15-9)16-8-14(4-3-5-14)11-6-17-7-12(11)16/h11-12H,3-8H2,1-2H3. The minimum absolute atomic E-state index is 0.564. The Hall–Kier alpha value is -0.610. The van der Waals surface area contributed by atoms with Gasteiger partial charge in [-0.3, -0.25) is 0 Å². The largest absolute Gasteiger partial charge is 0.379 e. The number of nitrogens with zero attached hydrogens (tertiary/aromatic N) is 2. The topological polar surface area (TPSA) is 25.4 Å². The third kappa shape index (κ3) is 1.36. The fourth-order valence-corrected chi connectivity index (χ4v) is 4.92. The van der Waals surface area contributed by atoms with Gasteiger partial charge in [0.25, 0.3) is 0 Å². The number of ether oxygens (including phenoxy) is 1. The molecule has 1 aliphatic carbocycles. The number of anilines is 1. The van der Waals surface area contributed by atoms with Gasteiger partial charge in [0.05, 0.1) is 24.9 Å². The van der Waals surface area contributed by atoms with E-state index in [1.54, 1.807) is 0 Å². The average molecular weight is 264 g/mol. The summed E-state index contributed by atoms with van der Waals surface area (Å²) < 4.78 is 5.77. The minimum atomic E-state index is 0.564. The van der Waals surface area contributed by atoms with Crippen LogP contribution in [0.1, 0.15) is 29.8 Å². The van der Waals surface area contributed by atoms with Crippen LogP contribution in [0.3, 0.4) is 0 Å². The highest BCUT2D eigenvalue weighted by molar-refractivity contribution is 7.15. The van der Waals surface area contributed by atoms with E-state index in [0.29, 0.717) is 11.5 Å². The monoisotopic (exact) mass is 264 g/mol. The highest BCUT2D eigenvalue weighted by Crippen LogP contribution is 2.56. The lowest BCUT2D eigenvalue weighted by atomic mass is 9.62. The van der Waals surface area contributed by atoms with Gasteiger partial charge in [0.15, 0.2) is 5.13 Å². The van der Waals surface area contributed by atoms with Gasteiger partial charge in [-0.25, -0.2) is 4.98 Å². The second-order valence-electron chi connectivity index (χ2n) is 6.19. The number of hydrogen-bond acceptors (Lipinski definition) is 4. The number of thiazole rings is 1. The second-order valence-corrected chi connectivity index (χ2v) is 7.37. The Balaban J connectivity index is 1.69. The van der Waals surface area contributed by atoms with Gasteiger partial charge in [0.2, 0.25) is 0 Å². The van der Waals surface area contributed by atoms with Gasteiger partial charge < -0.3 is 9.64 Å². The number of hydrogen-bond donors (Lipinski definition) is 0. The number of aryl methyl sites for hydroxylation is 2. The summed E-state index contributed by atoms with van der Waals surface area (Å²) in [5.74, 6) is 0.760. The summed E-state index contributed by atoms with van der Waals surface area (Å²) in [7, 11) is 0. The maximum absolute atomic E-state index is 5.77. The summed E-state index contributed by atoms with van der Waals surface area (Å²) in [6, 6.07) is 0.593. The maximum Gasteiger partial charge on any atom is 0.186 e. The Morgan fingerprint density at radius 1 is 1.33 bits per heavy atom. The van der Waals surface area contributed by atoms with Crippen molar-refractivity contribution in [1.82, 2.24) is 4.98 Å². The van der Waals surface area contributed by atoms with Crippen LogP contribution in [0.5, 0.6) is 0 Å². The molecule has 1 saturated carbocycles. The van der Waals surface area contributed by atoms with Gasteiger partial charge in [-0.1, -0.05) is 6.42 Å². The fourth-order valence-electron chi connectivity index (χ4n) is 3.96. The predicted molar refractivity (Wildman–Crippen MR) is 73.3 cm³/mol. The normalized spacial score (nSPS) is 32.9. The number of aromatic nitrogens is 1. The Kier molecular flexibility index (Phi) is 2.31. The summed E-state index contributed by atoms with van der Waals surface area (Å²) >= 11 is 1.86. The van der Waals surface area contributed by atoms with Crippen LogP contribution in [-0.2, 0) is 4.74 Å². The molecule has 2 atom stereocenters. The zero-order chi connectivity index (χ0) is 12.3. The molecule has 3 nitrogen and oxygen atoms in total. The molecule has 0 N–H and O–H groups in total. The molecule has 0 aromatic carbocycles. The van der Waals surface area contributed by atoms with E-state index in [1.165, 1.54) is 41.5 Å². The lowest BCUT2D eigenvalue weighted by Crippen LogP contribution is -2.38. The lowest BCUT2D eigenvalue weighted by molar-refractivity contribution is 0.0672. The molecule has 4 rings (SSSR count). The van der Waals surface area contributed by atoms with Gasteiger partial charge in [0, 0.05) is 17.3 Å². The number of rotatable bonds is 1. The predicted octanol–water partition coefficient (Wildman–Crippen LogP) is 2.77. The Bertz CT molecular complexity index is 461. The van der Waals surface area contributed by atoms with E-state index in [1.807, 2.05) is 11.3 Å². The van der Waals surface area contributed by atoms with Crippen molar-refractivity contribution in [2.24, 2.45) is 11.3 Å². The smallest absolute Gasteiger partial charge is 0.186 e. The second kappa shape index (κ2) is 3.70. The van der Waals surface area contributed by atoms with Gasteiger partial charge in [-0.15, -0.1) is 11.3 Å². The van der Waals surface area contributed by atoms with Crippen LogP contribution in [0.25, 0.3) is 0 Å². The maximum atomic E-state index is 5.77. The first-order valence-corrected chi connectivity index (χ1v) is 7.80. The molecule has 3 aliphatic rings. The van der Waals surface area contributed by atoms with Crippen molar-refractivity contribution < 1.29 is 4.74 Å². The molecule has 3 fully saturated rings. The molecule has 1 spiro atoms. The molecule has 0 bridgehead atoms. The fraction of sp³-hybridized carbons (Fsp3) is 0.786. The van der Waals surface area contributed by atoms with Crippen LogP contribution < -0.4 is 4.90 Å². The highest BCUT2D eigenvalue weighted by atomic mass is 32.1. The molecule has 0 radical (unpaired) electrons. The Morgan fingerprint density at radius 3 is 2.78 bits per heavy atom. The first-order valence-electron chi connectivity index (χ1n) is 6.98. The van der Waals surface area contributed by atoms with Crippen LogP contribution in [-0.4, -0.2) is 30.8 Å². The summed E-state index contributed by atoms with van der Waals surface area (Å²) in [5, 5.41) is 1.23. The lowest BCUT2D eigenvalue weighted by Gasteiger charge is -2.41. The van der Waals surface area contributed by atoms with E-state index in [0.717, 1.165) is 19.1 Å². The van der Waals surface area contributed by atoms with Crippen LogP contribution in [0.4, 0.5) is 5.13 Å². The molecule has 0 amide bonds. The third-order valence-electron chi connectivity index (χ3n) is 5.33. The molecular formula is C14H20N2OS. The van der Waals surface area contributed by atoms with Gasteiger partial charge in [0.1, 0.15) is 0 Å². The van der Waals surface area contributed by atoms with Crippen molar-refractivity contribution in [1.29, 1.82) is 0 Å². The zero-order valence-electron chi connectivity index (χ0n) is 11.1. The molecule has 3 heterocycles. The molecule has 1 aromatic rings. The van der Waals surface area contributed by atoms with E-state index < -0.39 is 0 Å². The molecular weight excluding hydrogens is 244 g/mol. The minimum Gasteiger partial charge on any atom is -0.379 e. The quantitative estimate of drug-likeness (QED) is 0.780. The first-order chi connectivity index (χ1) is 8.70. The SMILES string of the molecule is Cc1nc(N2CC3(CCC3)C3COCC32)sc1C. The van der Waals surface area contributed by atoms with Crippen LogP contribution in [0.15, 0.2) is 0 Å². The molecule has 2 saturated heterocycles. The van der Waals surface area contributed by atoms with Gasteiger partial charge >= 0.3 is 0 Å². The van der Waals surface area contributed by atoms with E-state index in [4.69, 9.17) is 9.72 Å². The van der Waals surface area contributed by atoms with Crippen LogP contribution in [0.2, 0.25) is 0 Å². The van der Waals surface area contributed by atoms with Crippen LogP contribution >= 0.6 is 11.3 Å². The summed E-state index contributed by atoms with van der Waals surface area (Å²) in [6.45, 7) is 7.40. The van der Waals surface area contributed by atoms with E-state index >= 15 is 0 Å². The van der Waals surface area contributed by atoms with Crippen molar-refractivity contribution in [3.05, 3.63) is 10.6 Å². The molecule has 1 aromatic heterocycles. The molecule has 98 valence electrons. The van der Waals surface area contributed by atoms with Crippen molar-refractivity contribution in [3.8, 4) is 0 Å². The van der Waals surface area contributed by atoms with Gasteiger partial charge in [-0.05, 0) is 32.1 Å². The summed E-state index contributed by atoms with van der Waals surface area (Å²) in [5.41, 5.74) is 1.76. The Labute approximate surface area is 112 Å². The van der Waals surface area contributed by atoms with Crippen molar-refractivity contribution in [2.75, 3.05) is 24.7 Å². The third-order valence-corrected chi connectivity index (χ3v) is 6.44. The number of fused-ring (bicyclic) bond motifs is 2. The summed E-state index contributed by atoms with van der Waals surface area (Å²) in [4.78, 5) is 8.68. The van der Waals surface area contributed by atoms with E-state index in [9.17, 15) is 0 Å². The summed E-state index contributed by atoms with van der Waals surface area (Å²) in [6.07, 6.45) is 4.21. The van der Waals surface area contributed by atoms with Crippen molar-refractivity contribution in [3.63, 3.8) is 0 Å². The van der Waals surface area contributed by atoms with Crippen molar-refractivity contribution >= 4 is 16.5 Å². The zero-order valence-corrected chi connectivity index (χ0v) is 11.9. The first kappa shape index (κ1) is 11.2. The molecule has 18 heavy (non-hydrogen) atoms. The highest BCUT2D eigenvalue weighted by Gasteiger charge is 2.57.